The number of aliphatic hydroxyl groups is 1. The molecule has 0 radical (unpaired) electrons. The first-order valence-corrected chi connectivity index (χ1v) is 7.42. The average molecular weight is 283 g/mol. The average Bonchev–Trinajstić information content (AvgIpc) is 2.52. The summed E-state index contributed by atoms with van der Waals surface area (Å²) in [4.78, 5) is 4.31. The van der Waals surface area contributed by atoms with Crippen molar-refractivity contribution >= 4 is 16.6 Å². The number of nitrogens with zero attached hydrogens (tertiary/aromatic N) is 2. The van der Waals surface area contributed by atoms with E-state index in [1.54, 1.807) is 6.20 Å². The van der Waals surface area contributed by atoms with Crippen LogP contribution in [0.15, 0.2) is 30.5 Å². The second kappa shape index (κ2) is 7.61. The molecule has 0 aliphatic heterocycles. The molecule has 2 aromatic rings. The summed E-state index contributed by atoms with van der Waals surface area (Å²) in [7, 11) is 0. The summed E-state index contributed by atoms with van der Waals surface area (Å²) in [5, 5.41) is 22.8. The Morgan fingerprint density at radius 1 is 1.33 bits per heavy atom. The lowest BCUT2D eigenvalue weighted by Crippen LogP contribution is -2.16. The third kappa shape index (κ3) is 3.71. The second-order valence-corrected chi connectivity index (χ2v) is 5.22. The fourth-order valence-corrected chi connectivity index (χ4v) is 2.60. The Morgan fingerprint density at radius 3 is 2.86 bits per heavy atom. The van der Waals surface area contributed by atoms with Crippen molar-refractivity contribution in [3.8, 4) is 6.07 Å². The van der Waals surface area contributed by atoms with E-state index in [0.717, 1.165) is 42.4 Å². The number of rotatable bonds is 7. The first-order chi connectivity index (χ1) is 10.3. The fourth-order valence-electron chi connectivity index (χ4n) is 2.60. The van der Waals surface area contributed by atoms with Gasteiger partial charge in [0.05, 0.1) is 16.8 Å². The zero-order valence-electron chi connectivity index (χ0n) is 12.3. The van der Waals surface area contributed by atoms with Crippen molar-refractivity contribution in [1.29, 1.82) is 5.26 Å². The highest BCUT2D eigenvalue weighted by Gasteiger charge is 2.11. The maximum atomic E-state index is 9.28. The molecule has 0 fully saturated rings. The van der Waals surface area contributed by atoms with Crippen LogP contribution in [0.5, 0.6) is 0 Å². The van der Waals surface area contributed by atoms with Gasteiger partial charge in [-0.05, 0) is 24.8 Å². The van der Waals surface area contributed by atoms with Crippen LogP contribution in [0.3, 0.4) is 0 Å². The number of nitrogens with one attached hydrogen (secondary N) is 1. The summed E-state index contributed by atoms with van der Waals surface area (Å²) >= 11 is 0. The molecule has 0 spiro atoms. The summed E-state index contributed by atoms with van der Waals surface area (Å²) in [6.07, 6.45) is 4.56. The SMILES string of the molecule is CCCC(CCO)CNc1c(C#N)cnc2ccccc12. The van der Waals surface area contributed by atoms with E-state index in [0.29, 0.717) is 11.5 Å². The highest BCUT2D eigenvalue weighted by atomic mass is 16.3. The Balaban J connectivity index is 2.26. The number of aromatic nitrogens is 1. The quantitative estimate of drug-likeness (QED) is 0.818. The fraction of sp³-hybridized carbons (Fsp3) is 0.412. The molecule has 0 saturated heterocycles. The monoisotopic (exact) mass is 283 g/mol. The van der Waals surface area contributed by atoms with Crippen molar-refractivity contribution in [1.82, 2.24) is 4.98 Å². The van der Waals surface area contributed by atoms with Gasteiger partial charge in [0.25, 0.3) is 0 Å². The Hall–Kier alpha value is -2.12. The van der Waals surface area contributed by atoms with E-state index in [1.807, 2.05) is 24.3 Å². The minimum absolute atomic E-state index is 0.203. The van der Waals surface area contributed by atoms with E-state index in [-0.39, 0.29) is 6.61 Å². The van der Waals surface area contributed by atoms with Gasteiger partial charge in [0, 0.05) is 24.7 Å². The highest BCUT2D eigenvalue weighted by molar-refractivity contribution is 5.93. The molecule has 1 heterocycles. The highest BCUT2D eigenvalue weighted by Crippen LogP contribution is 2.26. The number of anilines is 1. The molecule has 0 bridgehead atoms. The van der Waals surface area contributed by atoms with E-state index in [9.17, 15) is 5.26 Å². The van der Waals surface area contributed by atoms with Gasteiger partial charge in [-0.15, -0.1) is 0 Å². The number of benzene rings is 1. The van der Waals surface area contributed by atoms with Crippen LogP contribution in [0.25, 0.3) is 10.9 Å². The topological polar surface area (TPSA) is 68.9 Å². The van der Waals surface area contributed by atoms with Crippen molar-refractivity contribution < 1.29 is 5.11 Å². The van der Waals surface area contributed by atoms with Gasteiger partial charge in [-0.25, -0.2) is 0 Å². The Morgan fingerprint density at radius 2 is 2.14 bits per heavy atom. The number of hydrogen-bond donors (Lipinski definition) is 2. The maximum absolute atomic E-state index is 9.28. The Labute approximate surface area is 125 Å². The first kappa shape index (κ1) is 15.3. The number of nitriles is 1. The van der Waals surface area contributed by atoms with Gasteiger partial charge >= 0.3 is 0 Å². The summed E-state index contributed by atoms with van der Waals surface area (Å²) in [6, 6.07) is 10.0. The van der Waals surface area contributed by atoms with Crippen LogP contribution in [0, 0.1) is 17.2 Å². The number of pyridine rings is 1. The molecule has 1 aromatic heterocycles. The number of aliphatic hydroxyl groups excluding tert-OH is 1. The van der Waals surface area contributed by atoms with E-state index in [1.165, 1.54) is 0 Å². The standard InChI is InChI=1S/C17H21N3O/c1-2-5-13(8-9-21)11-20-17-14(10-18)12-19-16-7-4-3-6-15(16)17/h3-4,6-7,12-13,21H,2,5,8-9,11H2,1H3,(H,19,20). The normalized spacial score (nSPS) is 12.0. The van der Waals surface area contributed by atoms with E-state index >= 15 is 0 Å². The Bertz CT molecular complexity index is 627. The molecule has 4 heteroatoms. The molecular weight excluding hydrogens is 262 g/mol. The summed E-state index contributed by atoms with van der Waals surface area (Å²) in [6.45, 7) is 3.11. The number of fused-ring (bicyclic) bond motifs is 1. The predicted molar refractivity (Wildman–Crippen MR) is 85.0 cm³/mol. The molecule has 0 aliphatic rings. The van der Waals surface area contributed by atoms with Gasteiger partial charge in [-0.3, -0.25) is 4.98 Å². The van der Waals surface area contributed by atoms with E-state index in [4.69, 9.17) is 5.11 Å². The van der Waals surface area contributed by atoms with Crippen LogP contribution >= 0.6 is 0 Å². The lowest BCUT2D eigenvalue weighted by atomic mass is 9.99. The Kier molecular flexibility index (Phi) is 5.53. The minimum Gasteiger partial charge on any atom is -0.396 e. The molecule has 1 unspecified atom stereocenters. The summed E-state index contributed by atoms with van der Waals surface area (Å²) < 4.78 is 0. The van der Waals surface area contributed by atoms with E-state index < -0.39 is 0 Å². The molecule has 1 atom stereocenters. The number of para-hydroxylation sites is 1. The molecule has 4 nitrogen and oxygen atoms in total. The van der Waals surface area contributed by atoms with Gasteiger partial charge in [0.1, 0.15) is 6.07 Å². The van der Waals surface area contributed by atoms with Crippen molar-refractivity contribution in [2.45, 2.75) is 26.2 Å². The van der Waals surface area contributed by atoms with Crippen molar-refractivity contribution in [3.63, 3.8) is 0 Å². The van der Waals surface area contributed by atoms with Crippen molar-refractivity contribution in [3.05, 3.63) is 36.0 Å². The molecule has 1 aromatic carbocycles. The van der Waals surface area contributed by atoms with Crippen molar-refractivity contribution in [2.24, 2.45) is 5.92 Å². The third-order valence-corrected chi connectivity index (χ3v) is 3.70. The molecule has 0 saturated carbocycles. The van der Waals surface area contributed by atoms with Gasteiger partial charge in [0.2, 0.25) is 0 Å². The molecule has 110 valence electrons. The molecule has 2 rings (SSSR count). The zero-order chi connectivity index (χ0) is 15.1. The molecule has 2 N–H and O–H groups in total. The van der Waals surface area contributed by atoms with Gasteiger partial charge < -0.3 is 10.4 Å². The van der Waals surface area contributed by atoms with Crippen LogP contribution in [-0.4, -0.2) is 23.2 Å². The third-order valence-electron chi connectivity index (χ3n) is 3.70. The largest absolute Gasteiger partial charge is 0.396 e. The summed E-state index contributed by atoms with van der Waals surface area (Å²) in [5.74, 6) is 0.415. The van der Waals surface area contributed by atoms with Crippen LogP contribution in [0.4, 0.5) is 5.69 Å². The molecule has 0 amide bonds. The van der Waals surface area contributed by atoms with E-state index in [2.05, 4.69) is 23.3 Å². The van der Waals surface area contributed by atoms with Crippen LogP contribution in [0.1, 0.15) is 31.7 Å². The van der Waals surface area contributed by atoms with Gasteiger partial charge in [-0.2, -0.15) is 5.26 Å². The second-order valence-electron chi connectivity index (χ2n) is 5.22. The maximum Gasteiger partial charge on any atom is 0.103 e. The van der Waals surface area contributed by atoms with Gasteiger partial charge in [-0.1, -0.05) is 31.5 Å². The first-order valence-electron chi connectivity index (χ1n) is 7.42. The lowest BCUT2D eigenvalue weighted by molar-refractivity contribution is 0.255. The van der Waals surface area contributed by atoms with Gasteiger partial charge in [0.15, 0.2) is 0 Å². The minimum atomic E-state index is 0.203. The van der Waals surface area contributed by atoms with Crippen molar-refractivity contribution in [2.75, 3.05) is 18.5 Å². The smallest absolute Gasteiger partial charge is 0.103 e. The molecule has 21 heavy (non-hydrogen) atoms. The lowest BCUT2D eigenvalue weighted by Gasteiger charge is -2.18. The molecular formula is C17H21N3O. The molecule has 0 aliphatic carbocycles. The van der Waals surface area contributed by atoms with Crippen LogP contribution < -0.4 is 5.32 Å². The number of hydrogen-bond acceptors (Lipinski definition) is 4. The van der Waals surface area contributed by atoms with Crippen LogP contribution in [0.2, 0.25) is 0 Å². The zero-order valence-corrected chi connectivity index (χ0v) is 12.3. The predicted octanol–water partition coefficient (Wildman–Crippen LogP) is 3.32. The summed E-state index contributed by atoms with van der Waals surface area (Å²) in [5.41, 5.74) is 2.29. The van der Waals surface area contributed by atoms with Crippen LogP contribution in [-0.2, 0) is 0 Å².